The van der Waals surface area contributed by atoms with Crippen LogP contribution in [-0.4, -0.2) is 64.1 Å². The lowest BCUT2D eigenvalue weighted by molar-refractivity contribution is -0.0118. The number of carbonyl (C=O) groups is 3. The van der Waals surface area contributed by atoms with Crippen molar-refractivity contribution in [3.8, 4) is 17.2 Å². The minimum atomic E-state index is -0.366. The number of benzene rings is 12. The summed E-state index contributed by atoms with van der Waals surface area (Å²) in [5, 5.41) is 6.93. The first kappa shape index (κ1) is 73.0. The van der Waals surface area contributed by atoms with Crippen molar-refractivity contribution < 1.29 is 37.4 Å². The highest BCUT2D eigenvalue weighted by atomic mass is 35.5. The van der Waals surface area contributed by atoms with Crippen LogP contribution in [0.2, 0.25) is 5.02 Å². The van der Waals surface area contributed by atoms with Crippen molar-refractivity contribution in [1.29, 1.82) is 0 Å². The van der Waals surface area contributed by atoms with Crippen LogP contribution in [0.3, 0.4) is 0 Å². The van der Waals surface area contributed by atoms with Gasteiger partial charge in [-0.25, -0.2) is 38.7 Å². The highest BCUT2D eigenvalue weighted by Gasteiger charge is 2.51. The second-order valence-electron chi connectivity index (χ2n) is 34.8. The van der Waals surface area contributed by atoms with E-state index < -0.39 is 0 Å². The number of nitrogens with zero attached hydrogens (tertiary/aromatic N) is 6. The van der Waals surface area contributed by atoms with E-state index in [4.69, 9.17) is 55.7 Å². The third-order valence-corrected chi connectivity index (χ3v) is 26.4. The fraction of sp³-hybridized carbons (Fsp3) is 0.303. The van der Waals surface area contributed by atoms with Crippen LogP contribution in [0.1, 0.15) is 202 Å². The van der Waals surface area contributed by atoms with E-state index in [9.17, 15) is 23.2 Å². The summed E-state index contributed by atoms with van der Waals surface area (Å²) in [7, 11) is 0. The van der Waals surface area contributed by atoms with Crippen LogP contribution in [0.25, 0.3) is 98.5 Å². The van der Waals surface area contributed by atoms with Gasteiger partial charge in [0.1, 0.15) is 45.7 Å². The van der Waals surface area contributed by atoms with E-state index in [2.05, 4.69) is 111 Å². The van der Waals surface area contributed by atoms with E-state index >= 15 is 0 Å². The van der Waals surface area contributed by atoms with Crippen molar-refractivity contribution in [2.45, 2.75) is 155 Å². The van der Waals surface area contributed by atoms with Crippen molar-refractivity contribution in [3.63, 3.8) is 0 Å². The van der Waals surface area contributed by atoms with Crippen molar-refractivity contribution in [2.75, 3.05) is 0 Å². The zero-order chi connectivity index (χ0) is 78.5. The van der Waals surface area contributed by atoms with Gasteiger partial charge < -0.3 is 14.2 Å². The molecule has 3 aliphatic carbocycles. The van der Waals surface area contributed by atoms with Crippen LogP contribution in [0.15, 0.2) is 200 Å². The van der Waals surface area contributed by atoms with Gasteiger partial charge in [-0.3, -0.25) is 14.4 Å². The highest BCUT2D eigenvalue weighted by molar-refractivity contribution is 6.30. The number of hydrogen-bond donors (Lipinski definition) is 0. The lowest BCUT2D eigenvalue weighted by atomic mass is 9.64. The molecule has 0 bridgehead atoms. The minimum absolute atomic E-state index is 0.0581. The minimum Gasteiger partial charge on any atom is -0.487 e. The third-order valence-electron chi connectivity index (χ3n) is 26.1. The van der Waals surface area contributed by atoms with E-state index in [1.54, 1.807) is 42.5 Å². The molecule has 0 amide bonds. The second-order valence-corrected chi connectivity index (χ2v) is 35.2. The summed E-state index contributed by atoms with van der Waals surface area (Å²) in [4.78, 5) is 70.6. The molecule has 3 aromatic heterocycles. The van der Waals surface area contributed by atoms with Crippen molar-refractivity contribution in [3.05, 3.63) is 267 Å². The van der Waals surface area contributed by atoms with Gasteiger partial charge in [0.25, 0.3) is 0 Å². The Hall–Kier alpha value is -11.2. The molecule has 12 nitrogen and oxygen atoms in total. The quantitative estimate of drug-likeness (QED) is 0.0883. The zero-order valence-electron chi connectivity index (χ0n) is 65.4. The molecule has 21 rings (SSSR count). The maximum atomic E-state index is 13.4. The Balaban J connectivity index is 0.000000115. The lowest BCUT2D eigenvalue weighted by Crippen LogP contribution is -2.46. The molecule has 3 aliphatic heterocycles. The maximum Gasteiger partial charge on any atom is 0.193 e. The number of fused-ring (bicyclic) bond motifs is 27. The number of ether oxygens (including phenoxy) is 3. The van der Waals surface area contributed by atoms with Gasteiger partial charge in [-0.1, -0.05) is 124 Å². The first-order chi connectivity index (χ1) is 54.9. The van der Waals surface area contributed by atoms with E-state index in [0.717, 1.165) is 143 Å². The number of carbonyl (C=O) groups excluding carboxylic acids is 3. The van der Waals surface area contributed by atoms with Crippen LogP contribution in [-0.2, 0) is 0 Å². The van der Waals surface area contributed by atoms with E-state index in [1.807, 2.05) is 60.7 Å². The molecule has 15 aromatic rings. The number of rotatable bonds is 6. The molecule has 12 aromatic carbocycles. The van der Waals surface area contributed by atoms with Crippen LogP contribution in [0.4, 0.5) is 8.78 Å². The van der Waals surface area contributed by atoms with Gasteiger partial charge in [-0.15, -0.1) is 0 Å². The first-order valence-electron chi connectivity index (χ1n) is 40.4. The number of aromatic nitrogens is 6. The summed E-state index contributed by atoms with van der Waals surface area (Å²) in [6.45, 7) is 20.4. The lowest BCUT2D eigenvalue weighted by Gasteiger charge is -2.49. The predicted molar refractivity (Wildman–Crippen MR) is 450 cm³/mol. The summed E-state index contributed by atoms with van der Waals surface area (Å²) >= 11 is 6.03. The molecule has 0 unspecified atom stereocenters. The molecule has 0 saturated heterocycles. The van der Waals surface area contributed by atoms with E-state index in [1.165, 1.54) is 84.5 Å². The Morgan fingerprint density at radius 3 is 0.886 bits per heavy atom. The Kier molecular flexibility index (Phi) is 17.8. The molecular weight excluding hydrogens is 1440 g/mol. The SMILES string of the molecule is C[C@H]1CC[C@H]2[C@H](C1)c1c(c3ccccc3c3nc4cc(C(=O)c5ccc(F)cc5)ccc4nc13)OC2(C)C.C[C@H]1CC[C@H]2[C@H](C1)c1c(c3ccccc3c3nc4ccc(C(=O)c5ccc(Cl)cc5)cc4nc13)OC2(C)C.C[C@H]1CC[C@H]2[C@H](C1)c1c(c3ccccc3c3nc4ccc(C(=O)c5ccc(F)cc5)cc4nc13)OC2(C)C. The second kappa shape index (κ2) is 27.8. The smallest absolute Gasteiger partial charge is 0.193 e. The summed E-state index contributed by atoms with van der Waals surface area (Å²) < 4.78 is 47.3. The van der Waals surface area contributed by atoms with Gasteiger partial charge in [-0.2, -0.15) is 0 Å². The van der Waals surface area contributed by atoms with Gasteiger partial charge >= 0.3 is 0 Å². The standard InChI is InChI=1S/C33H29ClN2O2.2C33H29FN2O2/c1-18-8-14-25-24(16-18)28-30-29(22-6-4-5-7-23(22)32(28)38-33(25,2)3)35-26-15-11-20(17-27(26)36-30)31(37)19-9-12-21(34)13-10-19;1-18-8-14-25-24(16-18)28-30-29(22-6-4-5-7-23(22)32(28)38-33(25,2)3)36-27-17-20(11-15-26(27)35-30)31(37)19-9-12-21(34)13-10-19;1-18-8-14-25-24(16-18)28-30-29(22-6-4-5-7-23(22)32(28)38-33(25,2)3)35-26-15-11-20(17-27(26)36-30)31(37)19-9-12-21(34)13-10-19/h3*4-7,9-13,15,17-18,24-25H,8,14,16H2,1-3H3/t3*18-,24-,25-/m000/s1. The Morgan fingerprint density at radius 2 is 0.579 bits per heavy atom. The number of halogens is 3. The fourth-order valence-corrected chi connectivity index (χ4v) is 20.5. The first-order valence-corrected chi connectivity index (χ1v) is 40.7. The van der Waals surface area contributed by atoms with Gasteiger partial charge in [0, 0.05) is 105 Å². The van der Waals surface area contributed by atoms with Crippen LogP contribution < -0.4 is 14.2 Å². The molecule has 114 heavy (non-hydrogen) atoms. The van der Waals surface area contributed by atoms with Crippen molar-refractivity contribution in [2.24, 2.45) is 35.5 Å². The van der Waals surface area contributed by atoms with E-state index in [-0.39, 0.29) is 45.8 Å². The molecule has 0 N–H and O–H groups in total. The van der Waals surface area contributed by atoms with Crippen LogP contribution >= 0.6 is 11.6 Å². The Labute approximate surface area is 665 Å². The zero-order valence-corrected chi connectivity index (χ0v) is 66.1. The maximum absolute atomic E-state index is 13.4. The largest absolute Gasteiger partial charge is 0.487 e. The van der Waals surface area contributed by atoms with Crippen molar-refractivity contribution >= 4 is 127 Å². The molecule has 0 radical (unpaired) electrons. The van der Waals surface area contributed by atoms with Gasteiger partial charge in [0.05, 0.1) is 66.2 Å². The topological polar surface area (TPSA) is 156 Å². The molecule has 6 aliphatic rings. The highest BCUT2D eigenvalue weighted by Crippen LogP contribution is 2.60. The summed E-state index contributed by atoms with van der Waals surface area (Å²) in [5.41, 5.74) is 15.5. The van der Waals surface area contributed by atoms with Gasteiger partial charge in [-0.05, 0) is 243 Å². The predicted octanol–water partition coefficient (Wildman–Crippen LogP) is 24.5. The molecule has 3 saturated carbocycles. The molecule has 3 fully saturated rings. The number of ketones is 3. The number of hydrogen-bond acceptors (Lipinski definition) is 12. The Morgan fingerprint density at radius 1 is 0.325 bits per heavy atom. The normalized spacial score (nSPS) is 22.2. The molecule has 9 atom stereocenters. The summed E-state index contributed by atoms with van der Waals surface area (Å²) in [5.74, 6) is 5.93. The molecule has 15 heteroatoms. The average molecular weight is 1530 g/mol. The summed E-state index contributed by atoms with van der Waals surface area (Å²) in [6, 6.07) is 59.8. The van der Waals surface area contributed by atoms with Crippen molar-refractivity contribution in [1.82, 2.24) is 29.9 Å². The molecule has 570 valence electrons. The Bertz CT molecular complexity index is 6270. The van der Waals surface area contributed by atoms with E-state index in [0.29, 0.717) is 103 Å². The molecule has 0 spiro atoms. The fourth-order valence-electron chi connectivity index (χ4n) is 20.4. The van der Waals surface area contributed by atoms with Gasteiger partial charge in [0.15, 0.2) is 17.3 Å². The summed E-state index contributed by atoms with van der Waals surface area (Å²) in [6.07, 6.45) is 10.4. The average Bonchev–Trinajstić information content (AvgIpc) is 0.719. The third kappa shape index (κ3) is 12.5. The monoisotopic (exact) mass is 1530 g/mol. The molecule has 6 heterocycles. The van der Waals surface area contributed by atoms with Crippen LogP contribution in [0, 0.1) is 47.1 Å². The van der Waals surface area contributed by atoms with Gasteiger partial charge in [0.2, 0.25) is 0 Å². The molecular formula is C99H87ClF2N6O6. The van der Waals surface area contributed by atoms with Crippen LogP contribution in [0.5, 0.6) is 17.2 Å².